The van der Waals surface area contributed by atoms with Gasteiger partial charge in [0.1, 0.15) is 0 Å². The molecule has 2 atom stereocenters. The molecule has 8 heteroatoms. The summed E-state index contributed by atoms with van der Waals surface area (Å²) in [5.41, 5.74) is 2.56. The Hall–Kier alpha value is -2.09. The Morgan fingerprint density at radius 2 is 1.89 bits per heavy atom. The fourth-order valence-corrected chi connectivity index (χ4v) is 3.19. The van der Waals surface area contributed by atoms with Gasteiger partial charge in [-0.05, 0) is 41.3 Å². The van der Waals surface area contributed by atoms with Gasteiger partial charge in [-0.2, -0.15) is 13.2 Å². The molecule has 2 aromatic rings. The Morgan fingerprint density at radius 3 is 2.61 bits per heavy atom. The molecule has 2 N–H and O–H groups in total. The Bertz CT molecular complexity index is 812. The lowest BCUT2D eigenvalue weighted by molar-refractivity contribution is -0.131. The standard InChI is InChI=1S/C20H20ClF3N2O2/c21-16-6-4-13(5-7-16)14-2-1-3-15(10-14)18-19(27)26-17(8-9-28-18)11-25-12-20(22,23)24/h1-7,10,17-18,25H,8-9,11-12H2,(H,26,27). The predicted octanol–water partition coefficient (Wildman–Crippen LogP) is 4.11. The smallest absolute Gasteiger partial charge is 0.364 e. The molecule has 3 rings (SSSR count). The first kappa shape index (κ1) is 20.6. The number of benzene rings is 2. The first-order chi connectivity index (χ1) is 13.3. The summed E-state index contributed by atoms with van der Waals surface area (Å²) in [7, 11) is 0. The van der Waals surface area contributed by atoms with Crippen molar-refractivity contribution in [3.8, 4) is 11.1 Å². The number of ether oxygens (including phenoxy) is 1. The first-order valence-electron chi connectivity index (χ1n) is 8.87. The maximum absolute atomic E-state index is 12.6. The summed E-state index contributed by atoms with van der Waals surface area (Å²) in [4.78, 5) is 12.6. The fourth-order valence-electron chi connectivity index (χ4n) is 3.07. The molecule has 1 fully saturated rings. The van der Waals surface area contributed by atoms with E-state index in [1.54, 1.807) is 18.2 Å². The van der Waals surface area contributed by atoms with Crippen molar-refractivity contribution in [1.82, 2.24) is 10.6 Å². The highest BCUT2D eigenvalue weighted by Gasteiger charge is 2.30. The Labute approximate surface area is 166 Å². The molecule has 1 aliphatic heterocycles. The molecule has 4 nitrogen and oxygen atoms in total. The summed E-state index contributed by atoms with van der Waals surface area (Å²) < 4.78 is 42.5. The number of halogens is 4. The van der Waals surface area contributed by atoms with Gasteiger partial charge in [-0.15, -0.1) is 0 Å². The second kappa shape index (κ2) is 8.94. The van der Waals surface area contributed by atoms with Crippen LogP contribution >= 0.6 is 11.6 Å². The van der Waals surface area contributed by atoms with Gasteiger partial charge in [0.05, 0.1) is 13.2 Å². The lowest BCUT2D eigenvalue weighted by Crippen LogP contribution is -2.44. The number of alkyl halides is 3. The van der Waals surface area contributed by atoms with Crippen LogP contribution < -0.4 is 10.6 Å². The third-order valence-corrected chi connectivity index (χ3v) is 4.67. The highest BCUT2D eigenvalue weighted by molar-refractivity contribution is 6.30. The molecule has 150 valence electrons. The molecule has 1 saturated heterocycles. The third-order valence-electron chi connectivity index (χ3n) is 4.42. The van der Waals surface area contributed by atoms with Gasteiger partial charge >= 0.3 is 6.18 Å². The minimum absolute atomic E-state index is 0.0339. The summed E-state index contributed by atoms with van der Waals surface area (Å²) in [6.45, 7) is -0.786. The number of rotatable bonds is 5. The van der Waals surface area contributed by atoms with Crippen molar-refractivity contribution in [1.29, 1.82) is 0 Å². The lowest BCUT2D eigenvalue weighted by atomic mass is 10.0. The van der Waals surface area contributed by atoms with Crippen molar-refractivity contribution in [2.45, 2.75) is 24.7 Å². The summed E-state index contributed by atoms with van der Waals surface area (Å²) >= 11 is 5.92. The van der Waals surface area contributed by atoms with Crippen LogP contribution in [0.4, 0.5) is 13.2 Å². The van der Waals surface area contributed by atoms with Crippen LogP contribution in [0.5, 0.6) is 0 Å². The van der Waals surface area contributed by atoms with Crippen molar-refractivity contribution < 1.29 is 22.7 Å². The van der Waals surface area contributed by atoms with Crippen molar-refractivity contribution in [3.05, 3.63) is 59.1 Å². The monoisotopic (exact) mass is 412 g/mol. The van der Waals surface area contributed by atoms with Gasteiger partial charge < -0.3 is 15.4 Å². The number of amides is 1. The average molecular weight is 413 g/mol. The van der Waals surface area contributed by atoms with Crippen LogP contribution in [0.3, 0.4) is 0 Å². The van der Waals surface area contributed by atoms with Crippen molar-refractivity contribution in [2.24, 2.45) is 0 Å². The molecule has 0 radical (unpaired) electrons. The van der Waals surface area contributed by atoms with Crippen LogP contribution in [0.15, 0.2) is 48.5 Å². The molecular weight excluding hydrogens is 393 g/mol. The summed E-state index contributed by atoms with van der Waals surface area (Å²) in [6.07, 6.45) is -4.65. The fraction of sp³-hybridized carbons (Fsp3) is 0.350. The number of carbonyl (C=O) groups excluding carboxylic acids is 1. The summed E-state index contributed by atoms with van der Waals surface area (Å²) in [6, 6.07) is 14.4. The minimum atomic E-state index is -4.28. The molecule has 0 aliphatic carbocycles. The number of hydrogen-bond acceptors (Lipinski definition) is 3. The Morgan fingerprint density at radius 1 is 1.14 bits per heavy atom. The van der Waals surface area contributed by atoms with Crippen LogP contribution in [0, 0.1) is 0 Å². The summed E-state index contributed by atoms with van der Waals surface area (Å²) in [5.74, 6) is -0.357. The second-order valence-electron chi connectivity index (χ2n) is 6.62. The van der Waals surface area contributed by atoms with Gasteiger partial charge in [-0.1, -0.05) is 41.9 Å². The van der Waals surface area contributed by atoms with E-state index in [0.29, 0.717) is 17.0 Å². The van der Waals surface area contributed by atoms with E-state index in [1.807, 2.05) is 30.3 Å². The van der Waals surface area contributed by atoms with Gasteiger partial charge in [0.2, 0.25) is 0 Å². The molecule has 2 unspecified atom stereocenters. The molecule has 2 aromatic carbocycles. The number of hydrogen-bond donors (Lipinski definition) is 2. The highest BCUT2D eigenvalue weighted by atomic mass is 35.5. The number of nitrogens with one attached hydrogen (secondary N) is 2. The first-order valence-corrected chi connectivity index (χ1v) is 9.25. The van der Waals surface area contributed by atoms with E-state index < -0.39 is 24.9 Å². The predicted molar refractivity (Wildman–Crippen MR) is 101 cm³/mol. The summed E-state index contributed by atoms with van der Waals surface area (Å²) in [5, 5.41) is 5.73. The van der Waals surface area contributed by atoms with Crippen molar-refractivity contribution in [2.75, 3.05) is 19.7 Å². The van der Waals surface area contributed by atoms with Crippen molar-refractivity contribution >= 4 is 17.5 Å². The zero-order valence-corrected chi connectivity index (χ0v) is 15.7. The van der Waals surface area contributed by atoms with Crippen LogP contribution in [0.1, 0.15) is 18.1 Å². The maximum atomic E-state index is 12.6. The van der Waals surface area contributed by atoms with E-state index in [0.717, 1.165) is 11.1 Å². The lowest BCUT2D eigenvalue weighted by Gasteiger charge is -2.18. The van der Waals surface area contributed by atoms with E-state index in [9.17, 15) is 18.0 Å². The van der Waals surface area contributed by atoms with Crippen LogP contribution in [0.25, 0.3) is 11.1 Å². The van der Waals surface area contributed by atoms with E-state index >= 15 is 0 Å². The SMILES string of the molecule is O=C1NC(CNCC(F)(F)F)CCOC1c1cccc(-c2ccc(Cl)cc2)c1. The van der Waals surface area contributed by atoms with Crippen LogP contribution in [-0.2, 0) is 9.53 Å². The quantitative estimate of drug-likeness (QED) is 0.777. The molecule has 0 saturated carbocycles. The van der Waals surface area contributed by atoms with E-state index in [1.165, 1.54) is 0 Å². The molecule has 1 heterocycles. The van der Waals surface area contributed by atoms with Gasteiger partial charge in [0.15, 0.2) is 6.10 Å². The third kappa shape index (κ3) is 5.70. The zero-order chi connectivity index (χ0) is 20.1. The Kier molecular flexibility index (Phi) is 6.59. The van der Waals surface area contributed by atoms with Crippen LogP contribution in [0.2, 0.25) is 5.02 Å². The molecule has 28 heavy (non-hydrogen) atoms. The van der Waals surface area contributed by atoms with E-state index in [-0.39, 0.29) is 19.1 Å². The molecule has 0 spiro atoms. The van der Waals surface area contributed by atoms with Gasteiger partial charge in [-0.3, -0.25) is 4.79 Å². The van der Waals surface area contributed by atoms with Gasteiger partial charge in [0.25, 0.3) is 5.91 Å². The molecule has 1 aliphatic rings. The molecule has 0 bridgehead atoms. The second-order valence-corrected chi connectivity index (χ2v) is 7.06. The van der Waals surface area contributed by atoms with Gasteiger partial charge in [-0.25, -0.2) is 0 Å². The van der Waals surface area contributed by atoms with Crippen molar-refractivity contribution in [3.63, 3.8) is 0 Å². The van der Waals surface area contributed by atoms with Gasteiger partial charge in [0, 0.05) is 17.6 Å². The van der Waals surface area contributed by atoms with E-state index in [2.05, 4.69) is 10.6 Å². The average Bonchev–Trinajstić information content (AvgIpc) is 2.82. The normalized spacial score (nSPS) is 20.5. The topological polar surface area (TPSA) is 50.4 Å². The van der Waals surface area contributed by atoms with Crippen LogP contribution in [-0.4, -0.2) is 37.8 Å². The molecule has 0 aromatic heterocycles. The highest BCUT2D eigenvalue weighted by Crippen LogP contribution is 2.27. The number of carbonyl (C=O) groups is 1. The Balaban J connectivity index is 1.68. The molecule has 1 amide bonds. The van der Waals surface area contributed by atoms with E-state index in [4.69, 9.17) is 16.3 Å². The largest absolute Gasteiger partial charge is 0.401 e. The molecular formula is C20H20ClF3N2O2. The zero-order valence-electron chi connectivity index (χ0n) is 14.9. The minimum Gasteiger partial charge on any atom is -0.364 e. The maximum Gasteiger partial charge on any atom is 0.401 e.